The van der Waals surface area contributed by atoms with Crippen LogP contribution in [0.1, 0.15) is 37.3 Å². The topological polar surface area (TPSA) is 63.1 Å². The second-order valence-corrected chi connectivity index (χ2v) is 5.57. The van der Waals surface area contributed by atoms with Gasteiger partial charge in [-0.15, -0.1) is 0 Å². The zero-order chi connectivity index (χ0) is 14.5. The number of likely N-dealkylation sites (tertiary alicyclic amines) is 1. The third-order valence-corrected chi connectivity index (χ3v) is 3.91. The second kappa shape index (κ2) is 6.83. The van der Waals surface area contributed by atoms with E-state index in [-0.39, 0.29) is 11.9 Å². The van der Waals surface area contributed by atoms with E-state index in [4.69, 9.17) is 0 Å². The zero-order valence-electron chi connectivity index (χ0n) is 12.7. The summed E-state index contributed by atoms with van der Waals surface area (Å²) in [4.78, 5) is 18.7. The zero-order valence-corrected chi connectivity index (χ0v) is 12.7. The lowest BCUT2D eigenvalue weighted by Gasteiger charge is -2.24. The molecular formula is C14H25N5O. The highest BCUT2D eigenvalue weighted by atomic mass is 16.2. The molecule has 0 radical (unpaired) electrons. The molecular weight excluding hydrogens is 254 g/mol. The molecule has 1 aromatic rings. The third kappa shape index (κ3) is 3.79. The largest absolute Gasteiger partial charge is 0.353 e. The Hall–Kier alpha value is -1.43. The van der Waals surface area contributed by atoms with E-state index in [1.807, 2.05) is 25.6 Å². The van der Waals surface area contributed by atoms with Gasteiger partial charge in [0.2, 0.25) is 5.91 Å². The Kier molecular flexibility index (Phi) is 5.11. The number of hydrogen-bond donors (Lipinski definition) is 1. The van der Waals surface area contributed by atoms with Crippen LogP contribution in [0.25, 0.3) is 0 Å². The predicted octanol–water partition coefficient (Wildman–Crippen LogP) is 0.886. The summed E-state index contributed by atoms with van der Waals surface area (Å²) in [6.45, 7) is 6.10. The summed E-state index contributed by atoms with van der Waals surface area (Å²) < 4.78 is 1.84. The van der Waals surface area contributed by atoms with E-state index in [1.165, 1.54) is 12.8 Å². The van der Waals surface area contributed by atoms with Gasteiger partial charge < -0.3 is 5.32 Å². The van der Waals surface area contributed by atoms with Gasteiger partial charge in [0, 0.05) is 6.54 Å². The summed E-state index contributed by atoms with van der Waals surface area (Å²) in [5.41, 5.74) is 0. The number of carbonyl (C=O) groups is 1. The molecule has 1 aliphatic rings. The quantitative estimate of drug-likeness (QED) is 0.889. The molecule has 0 bridgehead atoms. The maximum Gasteiger partial charge on any atom is 0.237 e. The van der Waals surface area contributed by atoms with Gasteiger partial charge in [-0.2, -0.15) is 5.10 Å². The average Bonchev–Trinajstić information content (AvgIpc) is 2.60. The van der Waals surface area contributed by atoms with Crippen molar-refractivity contribution in [2.75, 3.05) is 20.1 Å². The van der Waals surface area contributed by atoms with Crippen molar-refractivity contribution in [3.8, 4) is 0 Å². The summed E-state index contributed by atoms with van der Waals surface area (Å²) in [6.07, 6.45) is 4.52. The molecule has 1 amide bonds. The van der Waals surface area contributed by atoms with Gasteiger partial charge in [0.05, 0.1) is 12.6 Å². The van der Waals surface area contributed by atoms with Crippen LogP contribution in [0.15, 0.2) is 0 Å². The molecule has 2 rings (SSSR count). The molecule has 6 nitrogen and oxygen atoms in total. The fourth-order valence-electron chi connectivity index (χ4n) is 2.76. The lowest BCUT2D eigenvalue weighted by molar-refractivity contribution is -0.126. The molecule has 1 aliphatic heterocycles. The van der Waals surface area contributed by atoms with Crippen molar-refractivity contribution in [3.05, 3.63) is 11.6 Å². The van der Waals surface area contributed by atoms with E-state index in [1.54, 1.807) is 0 Å². The molecule has 20 heavy (non-hydrogen) atoms. The van der Waals surface area contributed by atoms with Gasteiger partial charge in [-0.05, 0) is 40.3 Å². The van der Waals surface area contributed by atoms with Gasteiger partial charge in [0.15, 0.2) is 0 Å². The monoisotopic (exact) mass is 279 g/mol. The van der Waals surface area contributed by atoms with E-state index in [0.29, 0.717) is 13.1 Å². The summed E-state index contributed by atoms with van der Waals surface area (Å²) in [5, 5.41) is 7.32. The SMILES string of the molecule is Cc1nc(C)n(CCNC(=O)[C@@H]2CCCCCN2C)n1. The van der Waals surface area contributed by atoms with Gasteiger partial charge in [0.25, 0.3) is 0 Å². The lowest BCUT2D eigenvalue weighted by Crippen LogP contribution is -2.45. The van der Waals surface area contributed by atoms with E-state index < -0.39 is 0 Å². The van der Waals surface area contributed by atoms with Crippen LogP contribution in [0.5, 0.6) is 0 Å². The van der Waals surface area contributed by atoms with E-state index in [2.05, 4.69) is 20.3 Å². The Balaban J connectivity index is 1.81. The highest BCUT2D eigenvalue weighted by molar-refractivity contribution is 5.81. The molecule has 1 aromatic heterocycles. The van der Waals surface area contributed by atoms with Gasteiger partial charge >= 0.3 is 0 Å². The molecule has 1 atom stereocenters. The minimum Gasteiger partial charge on any atom is -0.353 e. The fourth-order valence-corrected chi connectivity index (χ4v) is 2.76. The standard InChI is InChI=1S/C14H25N5O/c1-11-16-12(2)19(17-11)10-8-15-14(20)13-7-5-4-6-9-18(13)3/h13H,4-10H2,1-3H3,(H,15,20)/t13-/m0/s1. The molecule has 0 aromatic carbocycles. The number of amides is 1. The number of hydrogen-bond acceptors (Lipinski definition) is 4. The molecule has 1 saturated heterocycles. The van der Waals surface area contributed by atoms with Crippen molar-refractivity contribution in [1.82, 2.24) is 25.0 Å². The number of nitrogens with zero attached hydrogens (tertiary/aromatic N) is 4. The van der Waals surface area contributed by atoms with Crippen LogP contribution >= 0.6 is 0 Å². The van der Waals surface area contributed by atoms with Crippen LogP contribution in [-0.2, 0) is 11.3 Å². The third-order valence-electron chi connectivity index (χ3n) is 3.91. The van der Waals surface area contributed by atoms with E-state index in [9.17, 15) is 4.79 Å². The van der Waals surface area contributed by atoms with Gasteiger partial charge in [-0.1, -0.05) is 12.8 Å². The first-order chi connectivity index (χ1) is 9.58. The summed E-state index contributed by atoms with van der Waals surface area (Å²) in [6, 6.07) is 0.0241. The number of aryl methyl sites for hydroxylation is 2. The molecule has 0 spiro atoms. The van der Waals surface area contributed by atoms with E-state index in [0.717, 1.165) is 31.0 Å². The Bertz CT molecular complexity index is 456. The minimum atomic E-state index is 0.0241. The predicted molar refractivity (Wildman–Crippen MR) is 77.4 cm³/mol. The van der Waals surface area contributed by atoms with Crippen molar-refractivity contribution >= 4 is 5.91 Å². The summed E-state index contributed by atoms with van der Waals surface area (Å²) in [5.74, 6) is 1.81. The van der Waals surface area contributed by atoms with Crippen LogP contribution < -0.4 is 5.32 Å². The number of rotatable bonds is 4. The molecule has 0 unspecified atom stereocenters. The Morgan fingerprint density at radius 3 is 2.85 bits per heavy atom. The van der Waals surface area contributed by atoms with Crippen LogP contribution in [0.4, 0.5) is 0 Å². The maximum absolute atomic E-state index is 12.2. The number of likely N-dealkylation sites (N-methyl/N-ethyl adjacent to an activating group) is 1. The van der Waals surface area contributed by atoms with Crippen molar-refractivity contribution in [2.24, 2.45) is 0 Å². The average molecular weight is 279 g/mol. The molecule has 0 aliphatic carbocycles. The highest BCUT2D eigenvalue weighted by Crippen LogP contribution is 2.14. The van der Waals surface area contributed by atoms with Crippen LogP contribution in [0, 0.1) is 13.8 Å². The summed E-state index contributed by atoms with van der Waals surface area (Å²) in [7, 11) is 2.04. The van der Waals surface area contributed by atoms with E-state index >= 15 is 0 Å². The van der Waals surface area contributed by atoms with Crippen molar-refractivity contribution in [3.63, 3.8) is 0 Å². The second-order valence-electron chi connectivity index (χ2n) is 5.57. The van der Waals surface area contributed by atoms with Crippen LogP contribution in [-0.4, -0.2) is 51.8 Å². The molecule has 112 valence electrons. The Morgan fingerprint density at radius 2 is 2.15 bits per heavy atom. The smallest absolute Gasteiger partial charge is 0.237 e. The van der Waals surface area contributed by atoms with Crippen molar-refractivity contribution in [1.29, 1.82) is 0 Å². The van der Waals surface area contributed by atoms with Crippen molar-refractivity contribution in [2.45, 2.75) is 52.1 Å². The number of nitrogens with one attached hydrogen (secondary N) is 1. The van der Waals surface area contributed by atoms with Gasteiger partial charge in [0.1, 0.15) is 11.6 Å². The maximum atomic E-state index is 12.2. The van der Waals surface area contributed by atoms with Crippen LogP contribution in [0.3, 0.4) is 0 Å². The number of aromatic nitrogens is 3. The van der Waals surface area contributed by atoms with Crippen LogP contribution in [0.2, 0.25) is 0 Å². The Labute approximate surface area is 120 Å². The molecule has 6 heteroatoms. The first kappa shape index (κ1) is 15.0. The molecule has 1 fully saturated rings. The normalized spacial score (nSPS) is 20.6. The highest BCUT2D eigenvalue weighted by Gasteiger charge is 2.24. The molecule has 0 saturated carbocycles. The lowest BCUT2D eigenvalue weighted by atomic mass is 10.1. The fraction of sp³-hybridized carbons (Fsp3) is 0.786. The first-order valence-corrected chi connectivity index (χ1v) is 7.44. The Morgan fingerprint density at radius 1 is 1.35 bits per heavy atom. The first-order valence-electron chi connectivity index (χ1n) is 7.44. The number of carbonyl (C=O) groups excluding carboxylic acids is 1. The molecule has 1 N–H and O–H groups in total. The van der Waals surface area contributed by atoms with Crippen molar-refractivity contribution < 1.29 is 4.79 Å². The van der Waals surface area contributed by atoms with Gasteiger partial charge in [-0.3, -0.25) is 9.69 Å². The van der Waals surface area contributed by atoms with Gasteiger partial charge in [-0.25, -0.2) is 9.67 Å². The molecule has 2 heterocycles. The minimum absolute atomic E-state index is 0.0241. The summed E-state index contributed by atoms with van der Waals surface area (Å²) >= 11 is 0.